The Morgan fingerprint density at radius 1 is 1.17 bits per heavy atom. The average Bonchev–Trinajstić information content (AvgIpc) is 2.04. The van der Waals surface area contributed by atoms with Gasteiger partial charge in [-0.15, -0.1) is 11.6 Å². The van der Waals surface area contributed by atoms with Gasteiger partial charge in [0.25, 0.3) is 0 Å². The molecule has 0 rings (SSSR count). The number of unbranched alkanes of at least 4 members (excludes halogenated alkanes) is 4. The molecule has 1 unspecified atom stereocenters. The first-order chi connectivity index (χ1) is 5.31. The van der Waals surface area contributed by atoms with Gasteiger partial charge >= 0.3 is 23.1 Å². The van der Waals surface area contributed by atoms with Crippen LogP contribution in [0.5, 0.6) is 0 Å². The molecule has 0 heterocycles. The molecule has 0 nitrogen and oxygen atoms in total. The van der Waals surface area contributed by atoms with Crippen molar-refractivity contribution in [2.45, 2.75) is 52.4 Å². The van der Waals surface area contributed by atoms with Crippen LogP contribution in [0.3, 0.4) is 0 Å². The normalized spacial score (nSPS) is 12.2. The molecular weight excluding hydrogens is 180 g/mol. The van der Waals surface area contributed by atoms with Crippen molar-refractivity contribution in [3.05, 3.63) is 0 Å². The summed E-state index contributed by atoms with van der Waals surface area (Å²) in [6.07, 6.45) is 8.22. The summed E-state index contributed by atoms with van der Waals surface area (Å²) in [7, 11) is 0. The molecule has 0 saturated heterocycles. The van der Waals surface area contributed by atoms with E-state index in [0.717, 1.165) is 11.8 Å². The summed E-state index contributed by atoms with van der Waals surface area (Å²) >= 11 is 5.69. The van der Waals surface area contributed by atoms with Gasteiger partial charge in [0.15, 0.2) is 0 Å². The molecule has 0 aliphatic carbocycles. The number of alkyl halides is 1. The van der Waals surface area contributed by atoms with E-state index in [1.807, 2.05) is 0 Å². The zero-order chi connectivity index (χ0) is 8.53. The second-order valence-corrected chi connectivity index (χ2v) is 3.77. The third kappa shape index (κ3) is 11.1. The molecule has 0 radical (unpaired) electrons. The van der Waals surface area contributed by atoms with Gasteiger partial charge in [-0.3, -0.25) is 0 Å². The summed E-state index contributed by atoms with van der Waals surface area (Å²) in [6.45, 7) is 4.48. The first-order valence-electron chi connectivity index (χ1n) is 4.87. The quantitative estimate of drug-likeness (QED) is 0.332. The second-order valence-electron chi connectivity index (χ2n) is 3.46. The Hall–Kier alpha value is 1.06. The topological polar surface area (TPSA) is 0 Å². The first-order valence-corrected chi connectivity index (χ1v) is 5.40. The van der Waals surface area contributed by atoms with E-state index < -0.39 is 0 Å². The summed E-state index contributed by atoms with van der Waals surface area (Å²) in [5.74, 6) is 1.55. The maximum Gasteiger partial charge on any atom is 2.00 e. The molecule has 12 heavy (non-hydrogen) atoms. The van der Waals surface area contributed by atoms with Gasteiger partial charge in [0.1, 0.15) is 0 Å². The molecule has 0 spiro atoms. The Labute approximate surface area is 102 Å². The molecule has 2 heteroatoms. The Morgan fingerprint density at radius 2 is 1.75 bits per heavy atom. The molecule has 0 aliphatic rings. The predicted molar refractivity (Wildman–Crippen MR) is 61.2 cm³/mol. The molecule has 0 fully saturated rings. The maximum atomic E-state index is 5.69. The van der Waals surface area contributed by atoms with Crippen LogP contribution in [0.15, 0.2) is 0 Å². The Bertz CT molecular complexity index is 84.5. The third-order valence-corrected chi connectivity index (χ3v) is 2.59. The Balaban J connectivity index is -0.000000167. The fraction of sp³-hybridized carbons (Fsp3) is 1.00. The molecule has 0 aliphatic heterocycles. The molecular formula is C10H23ClMg. The minimum Gasteiger partial charge on any atom is -1.00 e. The molecule has 0 aromatic rings. The number of halogens is 1. The van der Waals surface area contributed by atoms with Crippen molar-refractivity contribution in [3.63, 3.8) is 0 Å². The number of hydrogen-bond donors (Lipinski definition) is 0. The van der Waals surface area contributed by atoms with Gasteiger partial charge in [-0.2, -0.15) is 0 Å². The van der Waals surface area contributed by atoms with E-state index in [0.29, 0.717) is 0 Å². The van der Waals surface area contributed by atoms with E-state index in [-0.39, 0.29) is 25.9 Å². The molecule has 72 valence electrons. The summed E-state index contributed by atoms with van der Waals surface area (Å²) in [4.78, 5) is 0. The zero-order valence-electron chi connectivity index (χ0n) is 10.6. The van der Waals surface area contributed by atoms with Gasteiger partial charge < -0.3 is 2.85 Å². The van der Waals surface area contributed by atoms with Crippen molar-refractivity contribution in [2.75, 3.05) is 5.88 Å². The average molecular weight is 203 g/mol. The molecule has 0 aromatic carbocycles. The Kier molecular flexibility index (Phi) is 15.6. The summed E-state index contributed by atoms with van der Waals surface area (Å²) in [5, 5.41) is 0. The monoisotopic (exact) mass is 202 g/mol. The van der Waals surface area contributed by atoms with Crippen molar-refractivity contribution in [3.8, 4) is 0 Å². The van der Waals surface area contributed by atoms with Gasteiger partial charge in [0.05, 0.1) is 0 Å². The van der Waals surface area contributed by atoms with Crippen LogP contribution in [0.25, 0.3) is 0 Å². The van der Waals surface area contributed by atoms with Gasteiger partial charge in [-0.1, -0.05) is 46.0 Å². The van der Waals surface area contributed by atoms with E-state index in [1.54, 1.807) is 0 Å². The van der Waals surface area contributed by atoms with Crippen molar-refractivity contribution in [1.29, 1.82) is 0 Å². The summed E-state index contributed by atoms with van der Waals surface area (Å²) < 4.78 is 0. The van der Waals surface area contributed by atoms with E-state index in [4.69, 9.17) is 11.6 Å². The Morgan fingerprint density at radius 3 is 2.25 bits per heavy atom. The maximum absolute atomic E-state index is 5.69. The van der Waals surface area contributed by atoms with E-state index >= 15 is 0 Å². The van der Waals surface area contributed by atoms with Gasteiger partial charge in [0, 0.05) is 5.88 Å². The van der Waals surface area contributed by atoms with Crippen LogP contribution < -0.4 is 0 Å². The van der Waals surface area contributed by atoms with Crippen molar-refractivity contribution in [1.82, 2.24) is 0 Å². The summed E-state index contributed by atoms with van der Waals surface area (Å²) in [5.41, 5.74) is 0. The fourth-order valence-corrected chi connectivity index (χ4v) is 1.33. The van der Waals surface area contributed by atoms with Gasteiger partial charge in [-0.25, -0.2) is 0 Å². The fourth-order valence-electron chi connectivity index (χ4n) is 1.17. The van der Waals surface area contributed by atoms with E-state index in [9.17, 15) is 0 Å². The van der Waals surface area contributed by atoms with Crippen LogP contribution in [-0.4, -0.2) is 28.9 Å². The van der Waals surface area contributed by atoms with Crippen molar-refractivity contribution < 1.29 is 2.85 Å². The van der Waals surface area contributed by atoms with Crippen LogP contribution in [0.1, 0.15) is 55.2 Å². The first kappa shape index (κ1) is 15.5. The van der Waals surface area contributed by atoms with Crippen LogP contribution in [-0.2, 0) is 0 Å². The van der Waals surface area contributed by atoms with E-state index in [1.165, 1.54) is 38.5 Å². The smallest absolute Gasteiger partial charge is 1.00 e. The van der Waals surface area contributed by atoms with Gasteiger partial charge in [0.2, 0.25) is 0 Å². The van der Waals surface area contributed by atoms with Crippen LogP contribution in [0, 0.1) is 5.92 Å². The third-order valence-electron chi connectivity index (χ3n) is 2.06. The molecule has 0 amide bonds. The SMILES string of the molecule is CCCCCCCC(C)CCl.[H-].[H-].[Mg+2]. The molecule has 0 bridgehead atoms. The number of hydrogen-bond acceptors (Lipinski definition) is 0. The van der Waals surface area contributed by atoms with Gasteiger partial charge in [-0.05, 0) is 12.3 Å². The largest absolute Gasteiger partial charge is 2.00 e. The van der Waals surface area contributed by atoms with Crippen LogP contribution in [0.4, 0.5) is 0 Å². The van der Waals surface area contributed by atoms with Crippen LogP contribution in [0.2, 0.25) is 0 Å². The molecule has 1 atom stereocenters. The standard InChI is InChI=1S/C10H21Cl.Mg.2H/c1-3-4-5-6-7-8-10(2)9-11;;;/h10H,3-9H2,1-2H3;;;/q;+2;2*-1. The summed E-state index contributed by atoms with van der Waals surface area (Å²) in [6, 6.07) is 0. The van der Waals surface area contributed by atoms with Crippen LogP contribution >= 0.6 is 11.6 Å². The minimum absolute atomic E-state index is 0. The van der Waals surface area contributed by atoms with E-state index in [2.05, 4.69) is 13.8 Å². The minimum atomic E-state index is 0. The predicted octanol–water partition coefficient (Wildman–Crippen LogP) is 4.07. The second kappa shape index (κ2) is 12.1. The molecule has 0 aromatic heterocycles. The zero-order valence-corrected chi connectivity index (χ0v) is 10.8. The van der Waals surface area contributed by atoms with Crippen molar-refractivity contribution in [2.24, 2.45) is 5.92 Å². The number of rotatable bonds is 7. The molecule has 0 N–H and O–H groups in total. The molecule has 0 saturated carbocycles. The van der Waals surface area contributed by atoms with Crippen molar-refractivity contribution >= 4 is 34.7 Å².